The van der Waals surface area contributed by atoms with Crippen LogP contribution >= 0.6 is 0 Å². The zero-order chi connectivity index (χ0) is 22.5. The number of rotatable bonds is 7. The predicted molar refractivity (Wildman–Crippen MR) is 127 cm³/mol. The number of nitrogens with zero attached hydrogens (tertiary/aromatic N) is 5. The van der Waals surface area contributed by atoms with Gasteiger partial charge in [0, 0.05) is 31.0 Å². The van der Waals surface area contributed by atoms with Crippen LogP contribution in [0.5, 0.6) is 0 Å². The molecule has 2 N–H and O–H groups in total. The number of aryl methyl sites for hydroxylation is 4. The molecule has 0 saturated carbocycles. The summed E-state index contributed by atoms with van der Waals surface area (Å²) >= 11 is 0. The SMILES string of the molecule is CCNC(=NCc1ccccc1-n1nc(C)cc1C)NC(C)Cc1c(C)nn(C)c1C. The molecule has 1 unspecified atom stereocenters. The minimum absolute atomic E-state index is 0.227. The summed E-state index contributed by atoms with van der Waals surface area (Å²) in [6.07, 6.45) is 0.901. The lowest BCUT2D eigenvalue weighted by Gasteiger charge is -2.18. The number of aliphatic imine (C=N–C) groups is 1. The van der Waals surface area contributed by atoms with Crippen LogP contribution in [0.2, 0.25) is 0 Å². The minimum atomic E-state index is 0.227. The highest BCUT2D eigenvalue weighted by Gasteiger charge is 2.14. The molecule has 31 heavy (non-hydrogen) atoms. The third-order valence-electron chi connectivity index (χ3n) is 5.53. The van der Waals surface area contributed by atoms with Gasteiger partial charge in [0.25, 0.3) is 0 Å². The topological polar surface area (TPSA) is 72.1 Å². The third-order valence-corrected chi connectivity index (χ3v) is 5.53. The van der Waals surface area contributed by atoms with Crippen LogP contribution < -0.4 is 10.6 Å². The van der Waals surface area contributed by atoms with Crippen molar-refractivity contribution in [2.24, 2.45) is 12.0 Å². The molecule has 166 valence electrons. The van der Waals surface area contributed by atoms with Gasteiger partial charge in [-0.3, -0.25) is 4.68 Å². The maximum Gasteiger partial charge on any atom is 0.191 e. The molecule has 7 nitrogen and oxygen atoms in total. The van der Waals surface area contributed by atoms with Crippen molar-refractivity contribution in [2.45, 2.75) is 60.5 Å². The molecule has 7 heteroatoms. The van der Waals surface area contributed by atoms with Gasteiger partial charge in [0.15, 0.2) is 5.96 Å². The van der Waals surface area contributed by atoms with Gasteiger partial charge in [-0.1, -0.05) is 18.2 Å². The molecule has 1 aromatic carbocycles. The summed E-state index contributed by atoms with van der Waals surface area (Å²) in [6.45, 7) is 13.9. The van der Waals surface area contributed by atoms with E-state index >= 15 is 0 Å². The maximum absolute atomic E-state index is 4.87. The Kier molecular flexibility index (Phi) is 7.15. The van der Waals surface area contributed by atoms with E-state index in [1.165, 1.54) is 11.3 Å². The second-order valence-corrected chi connectivity index (χ2v) is 8.19. The van der Waals surface area contributed by atoms with E-state index < -0.39 is 0 Å². The Labute approximate surface area is 185 Å². The number of para-hydroxylation sites is 1. The van der Waals surface area contributed by atoms with Crippen LogP contribution in [-0.4, -0.2) is 38.1 Å². The van der Waals surface area contributed by atoms with E-state index in [2.05, 4.69) is 79.7 Å². The summed E-state index contributed by atoms with van der Waals surface area (Å²) in [5.41, 5.74) is 7.95. The summed E-state index contributed by atoms with van der Waals surface area (Å²) in [5, 5.41) is 16.1. The third kappa shape index (κ3) is 5.34. The van der Waals surface area contributed by atoms with E-state index in [0.29, 0.717) is 6.54 Å². The first-order valence-corrected chi connectivity index (χ1v) is 11.0. The highest BCUT2D eigenvalue weighted by Crippen LogP contribution is 2.18. The lowest BCUT2D eigenvalue weighted by atomic mass is 10.1. The molecule has 0 bridgehead atoms. The molecular formula is C24H35N7. The molecule has 2 aromatic heterocycles. The second-order valence-electron chi connectivity index (χ2n) is 8.19. The molecule has 0 saturated heterocycles. The number of aromatic nitrogens is 4. The fraction of sp³-hybridized carbons (Fsp3) is 0.458. The van der Waals surface area contributed by atoms with Crippen LogP contribution in [0.15, 0.2) is 35.3 Å². The summed E-state index contributed by atoms with van der Waals surface area (Å²) in [5.74, 6) is 0.817. The highest BCUT2D eigenvalue weighted by molar-refractivity contribution is 5.80. The minimum Gasteiger partial charge on any atom is -0.357 e. The van der Waals surface area contributed by atoms with Gasteiger partial charge in [0.2, 0.25) is 0 Å². The Morgan fingerprint density at radius 3 is 2.48 bits per heavy atom. The second kappa shape index (κ2) is 9.81. The Bertz CT molecular complexity index is 1060. The number of nitrogens with one attached hydrogen (secondary N) is 2. The quantitative estimate of drug-likeness (QED) is 0.452. The van der Waals surface area contributed by atoms with Crippen LogP contribution in [0, 0.1) is 27.7 Å². The van der Waals surface area contributed by atoms with Crippen LogP contribution in [-0.2, 0) is 20.0 Å². The first-order valence-electron chi connectivity index (χ1n) is 11.0. The monoisotopic (exact) mass is 421 g/mol. The lowest BCUT2D eigenvalue weighted by molar-refractivity contribution is 0.635. The molecular weight excluding hydrogens is 386 g/mol. The fourth-order valence-electron chi connectivity index (χ4n) is 3.91. The summed E-state index contributed by atoms with van der Waals surface area (Å²) < 4.78 is 3.95. The van der Waals surface area contributed by atoms with E-state index in [9.17, 15) is 0 Å². The van der Waals surface area contributed by atoms with E-state index in [4.69, 9.17) is 4.99 Å². The van der Waals surface area contributed by atoms with Gasteiger partial charge >= 0.3 is 0 Å². The average molecular weight is 422 g/mol. The van der Waals surface area contributed by atoms with Crippen LogP contribution in [0.1, 0.15) is 47.8 Å². The Balaban J connectivity index is 1.77. The molecule has 0 amide bonds. The largest absolute Gasteiger partial charge is 0.357 e. The van der Waals surface area contributed by atoms with Gasteiger partial charge in [-0.25, -0.2) is 9.67 Å². The average Bonchev–Trinajstić information content (AvgIpc) is 3.18. The van der Waals surface area contributed by atoms with Gasteiger partial charge in [0.1, 0.15) is 0 Å². The molecule has 1 atom stereocenters. The van der Waals surface area contributed by atoms with E-state index in [1.807, 2.05) is 29.4 Å². The Hall–Kier alpha value is -3.09. The molecule has 3 aromatic rings. The van der Waals surface area contributed by atoms with Crippen LogP contribution in [0.25, 0.3) is 5.69 Å². The highest BCUT2D eigenvalue weighted by atomic mass is 15.3. The number of hydrogen-bond acceptors (Lipinski definition) is 3. The van der Waals surface area contributed by atoms with Crippen molar-refractivity contribution in [1.82, 2.24) is 30.2 Å². The molecule has 0 radical (unpaired) electrons. The van der Waals surface area contributed by atoms with Crippen molar-refractivity contribution in [2.75, 3.05) is 6.54 Å². The zero-order valence-electron chi connectivity index (χ0n) is 19.8. The summed E-state index contributed by atoms with van der Waals surface area (Å²) in [6, 6.07) is 10.6. The van der Waals surface area contributed by atoms with Crippen molar-refractivity contribution >= 4 is 5.96 Å². The van der Waals surface area contributed by atoms with E-state index in [-0.39, 0.29) is 6.04 Å². The fourth-order valence-corrected chi connectivity index (χ4v) is 3.91. The lowest BCUT2D eigenvalue weighted by Crippen LogP contribution is -2.43. The van der Waals surface area contributed by atoms with Gasteiger partial charge in [0.05, 0.1) is 23.6 Å². The molecule has 2 heterocycles. The number of hydrogen-bond donors (Lipinski definition) is 2. The van der Waals surface area contributed by atoms with Crippen molar-refractivity contribution in [3.63, 3.8) is 0 Å². The molecule has 0 aliphatic carbocycles. The van der Waals surface area contributed by atoms with Crippen molar-refractivity contribution in [3.05, 3.63) is 64.2 Å². The van der Waals surface area contributed by atoms with Crippen LogP contribution in [0.3, 0.4) is 0 Å². The molecule has 0 aliphatic rings. The first-order chi connectivity index (χ1) is 14.8. The molecule has 0 spiro atoms. The van der Waals surface area contributed by atoms with Crippen LogP contribution in [0.4, 0.5) is 0 Å². The van der Waals surface area contributed by atoms with Gasteiger partial charge < -0.3 is 10.6 Å². The van der Waals surface area contributed by atoms with E-state index in [0.717, 1.165) is 47.3 Å². The maximum atomic E-state index is 4.87. The molecule has 3 rings (SSSR count). The normalized spacial score (nSPS) is 12.8. The standard InChI is InChI=1S/C24H35N7/c1-8-25-24(27-16(2)14-22-19(5)29-30(7)20(22)6)26-15-21-11-9-10-12-23(21)31-18(4)13-17(3)28-31/h9-13,16H,8,14-15H2,1-7H3,(H2,25,26,27). The summed E-state index contributed by atoms with van der Waals surface area (Å²) in [4.78, 5) is 4.87. The predicted octanol–water partition coefficient (Wildman–Crippen LogP) is 3.53. The number of benzene rings is 1. The van der Waals surface area contributed by atoms with Gasteiger partial charge in [-0.15, -0.1) is 0 Å². The Morgan fingerprint density at radius 2 is 1.87 bits per heavy atom. The number of guanidine groups is 1. The van der Waals surface area contributed by atoms with Gasteiger partial charge in [-0.05, 0) is 71.2 Å². The molecule has 0 aliphatic heterocycles. The van der Waals surface area contributed by atoms with Crippen molar-refractivity contribution in [3.8, 4) is 5.69 Å². The smallest absolute Gasteiger partial charge is 0.191 e. The van der Waals surface area contributed by atoms with E-state index in [1.54, 1.807) is 0 Å². The first kappa shape index (κ1) is 22.6. The van der Waals surface area contributed by atoms with Crippen molar-refractivity contribution in [1.29, 1.82) is 0 Å². The van der Waals surface area contributed by atoms with Crippen molar-refractivity contribution < 1.29 is 0 Å². The Morgan fingerprint density at radius 1 is 1.13 bits per heavy atom. The summed E-state index contributed by atoms with van der Waals surface area (Å²) in [7, 11) is 2.00. The zero-order valence-corrected chi connectivity index (χ0v) is 19.8. The van der Waals surface area contributed by atoms with Gasteiger partial charge in [-0.2, -0.15) is 10.2 Å². The molecule has 0 fully saturated rings.